The monoisotopic (exact) mass is 1650 g/mol. The Kier molecular flexibility index (Phi) is 31.4. The zero-order chi connectivity index (χ0) is 84.5. The van der Waals surface area contributed by atoms with E-state index in [9.17, 15) is 70.9 Å². The molecule has 10 heterocycles. The highest BCUT2D eigenvalue weighted by molar-refractivity contribution is 6.29. The summed E-state index contributed by atoms with van der Waals surface area (Å²) in [7, 11) is 1.00. The van der Waals surface area contributed by atoms with Gasteiger partial charge in [0, 0.05) is 112 Å². The smallest absolute Gasteiger partial charge is 0.444 e. The van der Waals surface area contributed by atoms with E-state index in [1.807, 2.05) is 73.7 Å². The van der Waals surface area contributed by atoms with E-state index < -0.39 is 62.6 Å². The van der Waals surface area contributed by atoms with Crippen LogP contribution in [0, 0.1) is 52.6 Å². The minimum atomic E-state index is -4.80. The molecule has 0 saturated heterocycles. The van der Waals surface area contributed by atoms with Crippen molar-refractivity contribution in [3.05, 3.63) is 287 Å². The van der Waals surface area contributed by atoms with E-state index in [1.165, 1.54) is 90.6 Å². The van der Waals surface area contributed by atoms with Gasteiger partial charge in [-0.05, 0) is 216 Å². The number of hydrogen-bond acceptors (Lipinski definition) is 21. The molecule has 0 fully saturated rings. The Morgan fingerprint density at radius 3 is 1.22 bits per heavy atom. The second-order valence-electron chi connectivity index (χ2n) is 28.2. The number of aliphatic hydroxyl groups excluding tert-OH is 1. The molecule has 10 aromatic rings. The van der Waals surface area contributed by atoms with Crippen molar-refractivity contribution in [3.8, 4) is 34.0 Å². The lowest BCUT2D eigenvalue weighted by Gasteiger charge is -2.24. The SMILES string of the molecule is C.C.CC(C)(C)OC(=O)N1Cc2cnc(Cl)cc2C1.CO.Cc1cc2c(cn1)CN(C(=O)C(F)(F)F)C2.Cc1cc2c(cn1)CN(C(=O)Cc1nc(-c3ccc(F)cc3)ccc1[N+](=O)[O-])C2.Cc1cc2c(cn1)CN(C(=O)OC(C)(C)C)C2.O=C(Oc1ccccc1)N(C(=O)Oc1ccccc1)c1nc(-c2ccc(F)cc2)ccc1[N+](=O)[O-]. The van der Waals surface area contributed by atoms with Gasteiger partial charge in [-0.25, -0.2) is 42.9 Å². The highest BCUT2D eigenvalue weighted by Crippen LogP contribution is 2.35. The van der Waals surface area contributed by atoms with E-state index >= 15 is 0 Å². The van der Waals surface area contributed by atoms with Crippen LogP contribution in [0.15, 0.2) is 183 Å². The molecule has 6 amide bonds. The average molecular weight is 1650 g/mol. The molecule has 0 saturated carbocycles. The number of carbonyl (C=O) groups excluding carboxylic acids is 6. The van der Waals surface area contributed by atoms with Crippen LogP contribution in [-0.2, 0) is 77.8 Å². The molecular weight excluding hydrogens is 1560 g/mol. The van der Waals surface area contributed by atoms with Crippen LogP contribution in [0.5, 0.6) is 11.5 Å². The number of aromatic nitrogens is 6. The number of amides is 6. The lowest BCUT2D eigenvalue weighted by Crippen LogP contribution is -2.42. The fourth-order valence-electron chi connectivity index (χ4n) is 11.7. The lowest BCUT2D eigenvalue weighted by atomic mass is 10.1. The average Bonchev–Trinajstić information content (AvgIpc) is 1.23. The molecule has 28 nitrogen and oxygen atoms in total. The van der Waals surface area contributed by atoms with Gasteiger partial charge in [-0.1, -0.05) is 62.9 Å². The molecule has 1 N–H and O–H groups in total. The molecule has 4 aromatic carbocycles. The van der Waals surface area contributed by atoms with E-state index in [1.54, 1.807) is 94.7 Å². The van der Waals surface area contributed by atoms with Gasteiger partial charge in [0.2, 0.25) is 11.7 Å². The molecule has 0 unspecified atom stereocenters. The summed E-state index contributed by atoms with van der Waals surface area (Å²) in [5, 5.41) is 30.6. The van der Waals surface area contributed by atoms with Crippen LogP contribution in [0.4, 0.5) is 58.3 Å². The first-order chi connectivity index (χ1) is 54.9. The molecule has 620 valence electrons. The van der Waals surface area contributed by atoms with Gasteiger partial charge in [0.15, 0.2) is 0 Å². The van der Waals surface area contributed by atoms with Gasteiger partial charge in [0.25, 0.3) is 5.69 Å². The zero-order valence-electron chi connectivity index (χ0n) is 64.4. The lowest BCUT2D eigenvalue weighted by molar-refractivity contribution is -0.385. The Balaban J connectivity index is 0.000000209. The third kappa shape index (κ3) is 25.3. The van der Waals surface area contributed by atoms with Crippen molar-refractivity contribution >= 4 is 65.0 Å². The number of carbonyl (C=O) groups is 6. The number of fused-ring (bicyclic) bond motifs is 4. The number of alkyl halides is 3. The number of pyridine rings is 6. The Labute approximate surface area is 682 Å². The summed E-state index contributed by atoms with van der Waals surface area (Å²) in [6, 6.07) is 39.2. The van der Waals surface area contributed by atoms with Crippen molar-refractivity contribution in [2.75, 3.05) is 12.0 Å². The predicted molar refractivity (Wildman–Crippen MR) is 427 cm³/mol. The summed E-state index contributed by atoms with van der Waals surface area (Å²) in [6.45, 7) is 19.9. The summed E-state index contributed by atoms with van der Waals surface area (Å²) >= 11 is 5.81. The normalized spacial score (nSPS) is 12.5. The Morgan fingerprint density at radius 2 is 0.822 bits per heavy atom. The Morgan fingerprint density at radius 1 is 0.475 bits per heavy atom. The number of nitrogens with zero attached hydrogens (tertiary/aromatic N) is 13. The van der Waals surface area contributed by atoms with Crippen LogP contribution in [0.1, 0.15) is 124 Å². The van der Waals surface area contributed by atoms with Crippen LogP contribution >= 0.6 is 11.6 Å². The van der Waals surface area contributed by atoms with Crippen molar-refractivity contribution in [3.63, 3.8) is 0 Å². The highest BCUT2D eigenvalue weighted by Gasteiger charge is 2.44. The fourth-order valence-corrected chi connectivity index (χ4v) is 11.9. The first kappa shape index (κ1) is 91.9. The number of aliphatic hydroxyl groups is 1. The second-order valence-corrected chi connectivity index (χ2v) is 28.6. The highest BCUT2D eigenvalue weighted by atomic mass is 35.5. The van der Waals surface area contributed by atoms with Crippen molar-refractivity contribution in [1.29, 1.82) is 0 Å². The molecule has 0 spiro atoms. The van der Waals surface area contributed by atoms with Gasteiger partial charge in [-0.2, -0.15) is 18.1 Å². The van der Waals surface area contributed by atoms with Crippen molar-refractivity contribution in [2.24, 2.45) is 0 Å². The van der Waals surface area contributed by atoms with E-state index in [4.69, 9.17) is 35.7 Å². The van der Waals surface area contributed by atoms with E-state index in [-0.39, 0.29) is 86.8 Å². The summed E-state index contributed by atoms with van der Waals surface area (Å²) in [5.41, 5.74) is 10.3. The van der Waals surface area contributed by atoms with E-state index in [2.05, 4.69) is 29.9 Å². The third-order valence-corrected chi connectivity index (χ3v) is 17.3. The molecule has 34 heteroatoms. The van der Waals surface area contributed by atoms with Crippen LogP contribution in [0.2, 0.25) is 5.15 Å². The molecule has 0 aliphatic carbocycles. The number of rotatable bonds is 9. The minimum absolute atomic E-state index is 0. The molecule has 6 aromatic heterocycles. The Hall–Kier alpha value is -13.3. The molecule has 4 aliphatic heterocycles. The van der Waals surface area contributed by atoms with Gasteiger partial charge >= 0.3 is 42.1 Å². The van der Waals surface area contributed by atoms with Gasteiger partial charge in [0.05, 0.1) is 40.7 Å². The topological polar surface area (TPSA) is 339 Å². The van der Waals surface area contributed by atoms with Gasteiger partial charge in [-0.15, -0.1) is 0 Å². The van der Waals surface area contributed by atoms with Crippen molar-refractivity contribution in [1.82, 2.24) is 49.5 Å². The molecule has 0 atom stereocenters. The van der Waals surface area contributed by atoms with Gasteiger partial charge in [-0.3, -0.25) is 54.6 Å². The van der Waals surface area contributed by atoms with Crippen molar-refractivity contribution in [2.45, 2.75) is 153 Å². The maximum absolute atomic E-state index is 13.4. The number of ether oxygens (including phenoxy) is 4. The number of hydrogen-bond donors (Lipinski definition) is 1. The largest absolute Gasteiger partial charge is 0.471 e. The van der Waals surface area contributed by atoms with E-state index in [0.29, 0.717) is 71.7 Å². The standard InChI is InChI=1S/C25H16FN3O6.C21H17FN4O3.C13H18N2O2.C12H15ClN2O2.C10H9F3N2O.CH4O.2CH4/c26-18-13-11-17(12-14-18)21-15-16-22(29(32)33)23(27-21)28(24(30)34-19-7-3-1-4-8-19)25(31)35-20-9-5-2-6-10-20;1-13-8-15-11-25(12-16(15)10-23-13)21(27)9-19-20(26(28)29)7-6-18(24-19)14-2-4-17(22)5-3-14;1-9-5-10-7-15(8-11(10)6-14-9)12(16)17-13(2,3)4;1-12(2,3)17-11(16)15-6-8-4-10(13)14-5-9(8)7-15;1-6-2-7-4-15(5-8(7)3-14-6)9(16)10(11,12)13;1-2;;/h1-16H;2-8,10H,9,11-12H2,1H3;5-6H,7-8H2,1-4H3;4-5H,6-7H2,1-3H3;2-3H,4-5H2,1H3;2H,1H3;2*1H4. The maximum Gasteiger partial charge on any atom is 0.471 e. The van der Waals surface area contributed by atoms with Crippen LogP contribution in [0.25, 0.3) is 22.5 Å². The molecule has 118 heavy (non-hydrogen) atoms. The van der Waals surface area contributed by atoms with Crippen molar-refractivity contribution < 1.29 is 84.6 Å². The first-order valence-corrected chi connectivity index (χ1v) is 35.9. The first-order valence-electron chi connectivity index (χ1n) is 35.6. The zero-order valence-corrected chi connectivity index (χ0v) is 65.2. The third-order valence-electron chi connectivity index (χ3n) is 17.1. The van der Waals surface area contributed by atoms with Crippen LogP contribution < -0.4 is 14.4 Å². The molecule has 0 radical (unpaired) electrons. The quantitative estimate of drug-likeness (QED) is 0.0607. The number of anilines is 1. The summed E-state index contributed by atoms with van der Waals surface area (Å²) in [6.07, 6.45) is -1.26. The number of benzene rings is 4. The fraction of sp³-hybridized carbons (Fsp3) is 0.286. The number of nitro groups is 2. The maximum atomic E-state index is 13.4. The number of aryl methyl sites for hydroxylation is 3. The predicted octanol–water partition coefficient (Wildman–Crippen LogP) is 17.9. The number of halogens is 6. The van der Waals surface area contributed by atoms with Gasteiger partial charge in [0.1, 0.15) is 45.2 Å². The molecule has 0 bridgehead atoms. The van der Waals surface area contributed by atoms with Crippen LogP contribution in [-0.4, -0.2) is 125 Å². The minimum Gasteiger partial charge on any atom is -0.444 e. The summed E-state index contributed by atoms with van der Waals surface area (Å²) < 4.78 is 84.3. The second kappa shape index (κ2) is 40.3. The number of para-hydroxylation sites is 2. The summed E-state index contributed by atoms with van der Waals surface area (Å²) in [5.74, 6) is -3.36. The molecular formula is C84H87ClF5N13O15. The number of imide groups is 1. The Bertz CT molecular complexity index is 5120. The van der Waals surface area contributed by atoms with E-state index in [0.717, 1.165) is 68.5 Å². The van der Waals surface area contributed by atoms with Crippen LogP contribution in [0.3, 0.4) is 0 Å². The molecule has 14 rings (SSSR count). The van der Waals surface area contributed by atoms with Gasteiger partial charge < -0.3 is 33.9 Å². The molecule has 4 aliphatic rings. The summed E-state index contributed by atoms with van der Waals surface area (Å²) in [4.78, 5) is 127.